The van der Waals surface area contributed by atoms with Crippen LogP contribution in [0, 0.1) is 11.8 Å². The Morgan fingerprint density at radius 1 is 1.35 bits per heavy atom. The summed E-state index contributed by atoms with van der Waals surface area (Å²) in [7, 11) is 3.23. The number of anilines is 1. The molecule has 4 aliphatic heterocycles. The fourth-order valence-corrected chi connectivity index (χ4v) is 7.25. The molecule has 3 fully saturated rings. The number of ketones is 1. The van der Waals surface area contributed by atoms with Gasteiger partial charge in [0.2, 0.25) is 0 Å². The van der Waals surface area contributed by atoms with Crippen LogP contribution in [0.3, 0.4) is 0 Å². The van der Waals surface area contributed by atoms with Gasteiger partial charge in [-0.2, -0.15) is 0 Å². The minimum absolute atomic E-state index is 0.0445. The minimum atomic E-state index is -0.808. The number of aliphatic hydroxyl groups excluding tert-OH is 1. The number of hydrogen-bond donors (Lipinski definition) is 2. The molecule has 2 N–H and O–H groups in total. The van der Waals surface area contributed by atoms with Crippen molar-refractivity contribution in [2.75, 3.05) is 52.4 Å². The number of methoxy groups -OCH3 is 2. The number of ether oxygens (including phenoxy) is 4. The van der Waals surface area contributed by atoms with E-state index < -0.39 is 17.9 Å². The summed E-state index contributed by atoms with van der Waals surface area (Å²) in [5.41, 5.74) is 1.01. The third kappa shape index (κ3) is 3.35. The SMILES string of the molecule is CC[C@@H]1CN2CC[C@@]34OCCO[C@@]3(Nc3cc(Br)cc(OC)c34)[C@@H]2C[C@@H]1/C(=C\OC)C(=O)CO. The fourth-order valence-electron chi connectivity index (χ4n) is 6.81. The Morgan fingerprint density at radius 2 is 2.15 bits per heavy atom. The number of Topliss-reactive ketones (excluding diaryl/α,β-unsaturated/α-hetero) is 1. The van der Waals surface area contributed by atoms with Gasteiger partial charge in [0.25, 0.3) is 0 Å². The second-order valence-electron chi connectivity index (χ2n) is 9.58. The van der Waals surface area contributed by atoms with Crippen molar-refractivity contribution in [3.63, 3.8) is 0 Å². The fraction of sp³-hybridized carbons (Fsp3) is 0.640. The van der Waals surface area contributed by atoms with E-state index in [0.29, 0.717) is 25.2 Å². The maximum absolute atomic E-state index is 12.7. The molecule has 0 radical (unpaired) electrons. The van der Waals surface area contributed by atoms with Gasteiger partial charge in [0.05, 0.1) is 45.3 Å². The van der Waals surface area contributed by atoms with Crippen LogP contribution in [0.4, 0.5) is 5.69 Å². The second kappa shape index (κ2) is 9.09. The molecule has 0 amide bonds. The number of hydrogen-bond acceptors (Lipinski definition) is 8. The summed E-state index contributed by atoms with van der Waals surface area (Å²) in [6.07, 6.45) is 3.91. The van der Waals surface area contributed by atoms with E-state index in [0.717, 1.165) is 47.4 Å². The minimum Gasteiger partial charge on any atom is -0.504 e. The first kappa shape index (κ1) is 24.1. The Bertz CT molecular complexity index is 1000. The lowest BCUT2D eigenvalue weighted by atomic mass is 9.66. The topological polar surface area (TPSA) is 89.5 Å². The molecule has 5 atom stereocenters. The highest BCUT2D eigenvalue weighted by atomic mass is 79.9. The zero-order chi connectivity index (χ0) is 24.1. The van der Waals surface area contributed by atoms with Gasteiger partial charge in [0, 0.05) is 28.8 Å². The van der Waals surface area contributed by atoms with Crippen LogP contribution in [-0.2, 0) is 24.6 Å². The second-order valence-corrected chi connectivity index (χ2v) is 10.5. The standard InChI is InChI=1S/C25H33BrN2O6/c1-4-15-12-28-6-5-24-23-19(9-16(26)10-21(23)32-3)27-25(24,34-8-7-33-24)22(28)11-17(15)18(14-31-2)20(30)13-29/h9-10,14-15,17,22,27,29H,4-8,11-13H2,1-3H3/b18-14+/t15-,17+,22+,24+,25+/m1/s1. The third-order valence-corrected chi connectivity index (χ3v) is 8.64. The number of carbonyl (C=O) groups is 1. The number of benzene rings is 1. The number of fused-ring (bicyclic) bond motifs is 2. The zero-order valence-corrected chi connectivity index (χ0v) is 21.5. The molecule has 0 unspecified atom stereocenters. The van der Waals surface area contributed by atoms with Crippen LogP contribution in [0.15, 0.2) is 28.4 Å². The Hall–Kier alpha value is -1.65. The van der Waals surface area contributed by atoms with Gasteiger partial charge in [-0.15, -0.1) is 0 Å². The smallest absolute Gasteiger partial charge is 0.188 e. The molecular weight excluding hydrogens is 504 g/mol. The van der Waals surface area contributed by atoms with Crippen LogP contribution in [0.5, 0.6) is 5.75 Å². The van der Waals surface area contributed by atoms with Crippen molar-refractivity contribution in [2.24, 2.45) is 11.8 Å². The first-order valence-corrected chi connectivity index (χ1v) is 12.8. The van der Waals surface area contributed by atoms with E-state index in [2.05, 4.69) is 39.1 Å². The van der Waals surface area contributed by atoms with Crippen LogP contribution >= 0.6 is 15.9 Å². The number of halogens is 1. The van der Waals surface area contributed by atoms with Gasteiger partial charge in [0.1, 0.15) is 18.0 Å². The summed E-state index contributed by atoms with van der Waals surface area (Å²) in [4.78, 5) is 15.2. The normalized spacial score (nSPS) is 34.9. The molecule has 9 heteroatoms. The highest BCUT2D eigenvalue weighted by Crippen LogP contribution is 2.62. The van der Waals surface area contributed by atoms with Crippen molar-refractivity contribution >= 4 is 27.4 Å². The maximum Gasteiger partial charge on any atom is 0.188 e. The maximum atomic E-state index is 12.7. The molecule has 3 saturated heterocycles. The summed E-state index contributed by atoms with van der Waals surface area (Å²) in [6, 6.07) is 3.99. The van der Waals surface area contributed by atoms with Crippen LogP contribution in [0.2, 0.25) is 0 Å². The number of nitrogens with zero attached hydrogens (tertiary/aromatic N) is 1. The van der Waals surface area contributed by atoms with Gasteiger partial charge >= 0.3 is 0 Å². The first-order chi connectivity index (χ1) is 16.4. The molecule has 0 aromatic heterocycles. The molecule has 4 heterocycles. The van der Waals surface area contributed by atoms with Crippen LogP contribution in [0.1, 0.15) is 31.7 Å². The van der Waals surface area contributed by atoms with E-state index >= 15 is 0 Å². The molecular formula is C25H33BrN2O6. The quantitative estimate of drug-likeness (QED) is 0.423. The molecule has 8 nitrogen and oxygen atoms in total. The van der Waals surface area contributed by atoms with Crippen molar-refractivity contribution < 1.29 is 28.8 Å². The molecule has 0 saturated carbocycles. The van der Waals surface area contributed by atoms with Crippen molar-refractivity contribution in [2.45, 2.75) is 43.6 Å². The number of aliphatic hydroxyl groups is 1. The number of nitrogens with one attached hydrogen (secondary N) is 1. The molecule has 4 aliphatic rings. The van der Waals surface area contributed by atoms with Crippen molar-refractivity contribution in [3.8, 4) is 5.75 Å². The van der Waals surface area contributed by atoms with E-state index in [1.807, 2.05) is 6.07 Å². The summed E-state index contributed by atoms with van der Waals surface area (Å²) in [6.45, 7) is 4.31. The third-order valence-electron chi connectivity index (χ3n) is 8.18. The number of piperidine rings is 2. The number of carbonyl (C=O) groups excluding carboxylic acids is 1. The lowest BCUT2D eigenvalue weighted by Crippen LogP contribution is -2.75. The molecule has 0 spiro atoms. The zero-order valence-electron chi connectivity index (χ0n) is 19.9. The highest BCUT2D eigenvalue weighted by molar-refractivity contribution is 9.10. The Kier molecular flexibility index (Phi) is 6.44. The first-order valence-electron chi connectivity index (χ1n) is 12.0. The molecule has 1 aromatic carbocycles. The molecule has 5 rings (SSSR count). The predicted octanol–water partition coefficient (Wildman–Crippen LogP) is 3.03. The Balaban J connectivity index is 1.61. The van der Waals surface area contributed by atoms with E-state index in [1.54, 1.807) is 14.2 Å². The molecule has 0 aliphatic carbocycles. The van der Waals surface area contributed by atoms with Crippen molar-refractivity contribution in [1.29, 1.82) is 0 Å². The molecule has 34 heavy (non-hydrogen) atoms. The lowest BCUT2D eigenvalue weighted by Gasteiger charge is -2.61. The van der Waals surface area contributed by atoms with Gasteiger partial charge in [-0.05, 0) is 36.8 Å². The summed E-state index contributed by atoms with van der Waals surface area (Å²) in [5.74, 6) is 0.703. The van der Waals surface area contributed by atoms with Gasteiger partial charge in [-0.25, -0.2) is 0 Å². The summed E-state index contributed by atoms with van der Waals surface area (Å²) < 4.78 is 25.4. The van der Waals surface area contributed by atoms with E-state index in [4.69, 9.17) is 18.9 Å². The molecule has 186 valence electrons. The van der Waals surface area contributed by atoms with E-state index in [-0.39, 0.29) is 23.7 Å². The monoisotopic (exact) mass is 536 g/mol. The van der Waals surface area contributed by atoms with Crippen LogP contribution in [0.25, 0.3) is 0 Å². The average Bonchev–Trinajstić information content (AvgIpc) is 3.16. The summed E-state index contributed by atoms with van der Waals surface area (Å²) in [5, 5.41) is 13.4. The van der Waals surface area contributed by atoms with Gasteiger partial charge in [-0.1, -0.05) is 29.3 Å². The average molecular weight is 537 g/mol. The van der Waals surface area contributed by atoms with Crippen molar-refractivity contribution in [1.82, 2.24) is 4.90 Å². The van der Waals surface area contributed by atoms with E-state index in [1.165, 1.54) is 6.26 Å². The van der Waals surface area contributed by atoms with Gasteiger partial charge in [0.15, 0.2) is 11.5 Å². The Morgan fingerprint density at radius 3 is 2.85 bits per heavy atom. The van der Waals surface area contributed by atoms with Crippen molar-refractivity contribution in [3.05, 3.63) is 34.0 Å². The van der Waals surface area contributed by atoms with Crippen LogP contribution in [-0.4, -0.2) is 74.7 Å². The largest absolute Gasteiger partial charge is 0.504 e. The van der Waals surface area contributed by atoms with Gasteiger partial charge in [-0.3, -0.25) is 9.69 Å². The van der Waals surface area contributed by atoms with E-state index in [9.17, 15) is 9.90 Å². The lowest BCUT2D eigenvalue weighted by molar-refractivity contribution is -0.297. The predicted molar refractivity (Wildman–Crippen MR) is 130 cm³/mol. The Labute approximate surface area is 208 Å². The summed E-state index contributed by atoms with van der Waals surface area (Å²) >= 11 is 3.61. The van der Waals surface area contributed by atoms with Crippen LogP contribution < -0.4 is 10.1 Å². The molecule has 0 bridgehead atoms. The molecule has 1 aromatic rings. The highest BCUT2D eigenvalue weighted by Gasteiger charge is 2.70. The van der Waals surface area contributed by atoms with Gasteiger partial charge < -0.3 is 29.4 Å². The number of rotatable bonds is 6.